The molecule has 0 saturated carbocycles. The Balaban J connectivity index is 0.000000257. The van der Waals surface area contributed by atoms with Crippen LogP contribution >= 0.6 is 0 Å². The molecule has 0 amide bonds. The van der Waals surface area contributed by atoms with Gasteiger partial charge in [0.05, 0.1) is 4.90 Å². The molecule has 4 heteroatoms. The SMILES string of the molecule is CC(C)(C)c1ccc(S(=O)(=O)[O-])cc1.Cc1ccc(C(C)(C)C)cc1. The van der Waals surface area contributed by atoms with E-state index in [-0.39, 0.29) is 15.7 Å². The molecule has 0 radical (unpaired) electrons. The van der Waals surface area contributed by atoms with Gasteiger partial charge >= 0.3 is 0 Å². The molecule has 0 fully saturated rings. The Hall–Kier alpha value is -1.65. The fraction of sp³-hybridized carbons (Fsp3) is 0.429. The van der Waals surface area contributed by atoms with E-state index >= 15 is 0 Å². The Morgan fingerprint density at radius 2 is 1.00 bits per heavy atom. The van der Waals surface area contributed by atoms with Gasteiger partial charge in [0.2, 0.25) is 0 Å². The van der Waals surface area contributed by atoms with Crippen molar-refractivity contribution in [3.8, 4) is 0 Å². The smallest absolute Gasteiger partial charge is 0.124 e. The highest BCUT2D eigenvalue weighted by Crippen LogP contribution is 2.23. The average molecular weight is 362 g/mol. The van der Waals surface area contributed by atoms with Crippen LogP contribution in [0.15, 0.2) is 53.4 Å². The summed E-state index contributed by atoms with van der Waals surface area (Å²) in [6, 6.07) is 14.8. The van der Waals surface area contributed by atoms with Crippen LogP contribution in [-0.4, -0.2) is 13.0 Å². The van der Waals surface area contributed by atoms with Crippen LogP contribution in [0.5, 0.6) is 0 Å². The summed E-state index contributed by atoms with van der Waals surface area (Å²) >= 11 is 0. The maximum Gasteiger partial charge on any atom is 0.124 e. The van der Waals surface area contributed by atoms with E-state index in [9.17, 15) is 13.0 Å². The average Bonchev–Trinajstić information content (AvgIpc) is 2.46. The Morgan fingerprint density at radius 1 is 0.680 bits per heavy atom. The summed E-state index contributed by atoms with van der Waals surface area (Å²) in [5.74, 6) is 0. The molecule has 0 N–H and O–H groups in total. The van der Waals surface area contributed by atoms with Gasteiger partial charge in [-0.2, -0.15) is 0 Å². The van der Waals surface area contributed by atoms with Crippen molar-refractivity contribution in [3.05, 3.63) is 65.2 Å². The summed E-state index contributed by atoms with van der Waals surface area (Å²) in [4.78, 5) is -0.175. The van der Waals surface area contributed by atoms with Crippen molar-refractivity contribution in [1.29, 1.82) is 0 Å². The quantitative estimate of drug-likeness (QED) is 0.658. The second kappa shape index (κ2) is 7.71. The third-order valence-electron chi connectivity index (χ3n) is 3.93. The lowest BCUT2D eigenvalue weighted by Crippen LogP contribution is -2.11. The van der Waals surface area contributed by atoms with Gasteiger partial charge < -0.3 is 4.55 Å². The molecule has 0 atom stereocenters. The Labute approximate surface area is 152 Å². The van der Waals surface area contributed by atoms with E-state index in [1.54, 1.807) is 12.1 Å². The van der Waals surface area contributed by atoms with Crippen molar-refractivity contribution in [2.75, 3.05) is 0 Å². The molecule has 138 valence electrons. The normalized spacial score (nSPS) is 12.3. The minimum atomic E-state index is -4.32. The number of hydrogen-bond donors (Lipinski definition) is 0. The van der Waals surface area contributed by atoms with Crippen LogP contribution in [0.1, 0.15) is 58.2 Å². The van der Waals surface area contributed by atoms with Gasteiger partial charge in [-0.25, -0.2) is 8.42 Å². The number of aryl methyl sites for hydroxylation is 1. The first-order chi connectivity index (χ1) is 11.2. The maximum absolute atomic E-state index is 10.6. The van der Waals surface area contributed by atoms with Crippen LogP contribution in [-0.2, 0) is 20.9 Å². The standard InChI is InChI=1S/C11H16.C10H14O3S/c1-9-5-7-10(8-6-9)11(2,3)4;1-10(2,3)8-4-6-9(7-5-8)14(11,12)13/h5-8H,1-4H3;4-7H,1-3H3,(H,11,12,13)/p-1. The summed E-state index contributed by atoms with van der Waals surface area (Å²) in [7, 11) is -4.32. The van der Waals surface area contributed by atoms with E-state index in [1.165, 1.54) is 23.3 Å². The molecular weight excluding hydrogens is 332 g/mol. The Kier molecular flexibility index (Phi) is 6.60. The van der Waals surface area contributed by atoms with E-state index in [4.69, 9.17) is 0 Å². The lowest BCUT2D eigenvalue weighted by molar-refractivity contribution is 0.463. The zero-order valence-electron chi connectivity index (χ0n) is 16.3. The molecule has 0 unspecified atom stereocenters. The summed E-state index contributed by atoms with van der Waals surface area (Å²) in [6.45, 7) is 14.9. The van der Waals surface area contributed by atoms with Crippen molar-refractivity contribution in [2.45, 2.75) is 64.2 Å². The first kappa shape index (κ1) is 21.4. The lowest BCUT2D eigenvalue weighted by atomic mass is 9.87. The largest absolute Gasteiger partial charge is 0.744 e. The van der Waals surface area contributed by atoms with Crippen LogP contribution in [0.4, 0.5) is 0 Å². The highest BCUT2D eigenvalue weighted by molar-refractivity contribution is 7.85. The molecule has 2 rings (SSSR count). The van der Waals surface area contributed by atoms with Gasteiger partial charge in [0.25, 0.3) is 0 Å². The van der Waals surface area contributed by atoms with Gasteiger partial charge in [0, 0.05) is 0 Å². The molecule has 3 nitrogen and oxygen atoms in total. The van der Waals surface area contributed by atoms with Gasteiger partial charge in [-0.15, -0.1) is 0 Å². The second-order valence-corrected chi connectivity index (χ2v) is 9.72. The van der Waals surface area contributed by atoms with Crippen molar-refractivity contribution in [1.82, 2.24) is 0 Å². The van der Waals surface area contributed by atoms with E-state index in [1.807, 2.05) is 20.8 Å². The van der Waals surface area contributed by atoms with E-state index in [0.29, 0.717) is 0 Å². The molecule has 0 aliphatic rings. The topological polar surface area (TPSA) is 57.2 Å². The monoisotopic (exact) mass is 361 g/mol. The third-order valence-corrected chi connectivity index (χ3v) is 4.78. The number of hydrogen-bond acceptors (Lipinski definition) is 3. The van der Waals surface area contributed by atoms with Crippen molar-refractivity contribution < 1.29 is 13.0 Å². The van der Waals surface area contributed by atoms with Gasteiger partial charge in [-0.1, -0.05) is 83.5 Å². The fourth-order valence-electron chi connectivity index (χ4n) is 2.18. The lowest BCUT2D eigenvalue weighted by Gasteiger charge is -2.19. The molecule has 0 saturated heterocycles. The van der Waals surface area contributed by atoms with Gasteiger partial charge in [0.1, 0.15) is 10.1 Å². The Morgan fingerprint density at radius 3 is 1.28 bits per heavy atom. The molecule has 2 aromatic carbocycles. The second-order valence-electron chi connectivity index (χ2n) is 8.34. The van der Waals surface area contributed by atoms with E-state index in [0.717, 1.165) is 5.56 Å². The molecule has 0 aliphatic heterocycles. The third kappa shape index (κ3) is 7.00. The first-order valence-corrected chi connectivity index (χ1v) is 9.76. The minimum Gasteiger partial charge on any atom is -0.744 e. The van der Waals surface area contributed by atoms with E-state index in [2.05, 4.69) is 52.0 Å². The van der Waals surface area contributed by atoms with Crippen LogP contribution in [0.25, 0.3) is 0 Å². The van der Waals surface area contributed by atoms with Crippen molar-refractivity contribution >= 4 is 10.1 Å². The maximum atomic E-state index is 10.6. The summed E-state index contributed by atoms with van der Waals surface area (Å²) in [5.41, 5.74) is 3.99. The minimum absolute atomic E-state index is 0.0365. The Bertz CT molecular complexity index is 773. The van der Waals surface area contributed by atoms with Crippen LogP contribution in [0, 0.1) is 6.92 Å². The highest BCUT2D eigenvalue weighted by atomic mass is 32.2. The molecule has 0 aliphatic carbocycles. The van der Waals surface area contributed by atoms with Crippen molar-refractivity contribution in [2.24, 2.45) is 0 Å². The molecule has 0 spiro atoms. The summed E-state index contributed by atoms with van der Waals surface area (Å²) in [5, 5.41) is 0. The van der Waals surface area contributed by atoms with Crippen molar-refractivity contribution in [3.63, 3.8) is 0 Å². The zero-order valence-corrected chi connectivity index (χ0v) is 17.1. The van der Waals surface area contributed by atoms with E-state index < -0.39 is 10.1 Å². The fourth-order valence-corrected chi connectivity index (χ4v) is 2.64. The molecule has 2 aromatic rings. The number of benzene rings is 2. The van der Waals surface area contributed by atoms with Crippen LogP contribution in [0.2, 0.25) is 0 Å². The van der Waals surface area contributed by atoms with Crippen LogP contribution in [0.3, 0.4) is 0 Å². The van der Waals surface area contributed by atoms with Gasteiger partial charge in [-0.05, 0) is 41.0 Å². The summed E-state index contributed by atoms with van der Waals surface area (Å²) in [6.07, 6.45) is 0. The van der Waals surface area contributed by atoms with Gasteiger partial charge in [-0.3, -0.25) is 0 Å². The molecule has 0 aromatic heterocycles. The highest BCUT2D eigenvalue weighted by Gasteiger charge is 2.13. The molecule has 0 bridgehead atoms. The predicted molar refractivity (Wildman–Crippen MR) is 103 cm³/mol. The molecular formula is C21H29O3S-. The van der Waals surface area contributed by atoms with Gasteiger partial charge in [0.15, 0.2) is 0 Å². The first-order valence-electron chi connectivity index (χ1n) is 8.35. The zero-order chi connectivity index (χ0) is 19.5. The van der Waals surface area contributed by atoms with Crippen LogP contribution < -0.4 is 0 Å². The summed E-state index contributed by atoms with van der Waals surface area (Å²) < 4.78 is 31.9. The molecule has 0 heterocycles. The predicted octanol–water partition coefficient (Wildman–Crippen LogP) is 5.18. The number of rotatable bonds is 1. The molecule has 25 heavy (non-hydrogen) atoms.